The summed E-state index contributed by atoms with van der Waals surface area (Å²) in [7, 11) is 2.42. The summed E-state index contributed by atoms with van der Waals surface area (Å²) >= 11 is 0. The molecule has 0 unspecified atom stereocenters. The predicted octanol–water partition coefficient (Wildman–Crippen LogP) is 0.428. The highest BCUT2D eigenvalue weighted by atomic mass is 16.5. The maximum atomic E-state index is 12.6. The Balaban J connectivity index is 2.35. The van der Waals surface area contributed by atoms with Gasteiger partial charge in [-0.15, -0.1) is 0 Å². The van der Waals surface area contributed by atoms with E-state index in [4.69, 9.17) is 9.47 Å². The number of aryl methyl sites for hydroxylation is 1. The molecule has 0 fully saturated rings. The van der Waals surface area contributed by atoms with Crippen molar-refractivity contribution in [2.24, 2.45) is 0 Å². The lowest BCUT2D eigenvalue weighted by molar-refractivity contribution is -0.157. The third-order valence-electron chi connectivity index (χ3n) is 3.99. The van der Waals surface area contributed by atoms with Crippen LogP contribution in [0.15, 0.2) is 29.1 Å². The van der Waals surface area contributed by atoms with E-state index >= 15 is 0 Å². The minimum Gasteiger partial charge on any atom is -0.469 e. The first-order valence-corrected chi connectivity index (χ1v) is 7.44. The fourth-order valence-electron chi connectivity index (χ4n) is 2.75. The highest BCUT2D eigenvalue weighted by Gasteiger charge is 2.49. The molecule has 0 saturated carbocycles. The molecular formula is C16H16N4O5. The molecule has 0 aliphatic carbocycles. The molecule has 130 valence electrons. The highest BCUT2D eigenvalue weighted by Crippen LogP contribution is 2.38. The van der Waals surface area contributed by atoms with Crippen LogP contribution in [0.1, 0.15) is 12.1 Å². The maximum Gasteiger partial charge on any atom is 0.355 e. The zero-order chi connectivity index (χ0) is 18.2. The molecule has 1 atom stereocenters. The summed E-state index contributed by atoms with van der Waals surface area (Å²) in [5, 5.41) is 7.20. The van der Waals surface area contributed by atoms with Crippen molar-refractivity contribution in [3.63, 3.8) is 0 Å². The average Bonchev–Trinajstić information content (AvgIpc) is 2.62. The third kappa shape index (κ3) is 2.53. The van der Waals surface area contributed by atoms with Gasteiger partial charge in [0.25, 0.3) is 5.56 Å². The van der Waals surface area contributed by atoms with Gasteiger partial charge in [-0.2, -0.15) is 10.1 Å². The molecule has 1 aromatic heterocycles. The second-order valence-electron chi connectivity index (χ2n) is 5.51. The summed E-state index contributed by atoms with van der Waals surface area (Å²) in [5.41, 5.74) is -1.04. The smallest absolute Gasteiger partial charge is 0.355 e. The zero-order valence-corrected chi connectivity index (χ0v) is 13.9. The highest BCUT2D eigenvalue weighted by molar-refractivity contribution is 5.91. The number of esters is 2. The summed E-state index contributed by atoms with van der Waals surface area (Å²) < 4.78 is 10.8. The van der Waals surface area contributed by atoms with Crippen LogP contribution in [0, 0.1) is 6.92 Å². The number of carbonyl (C=O) groups excluding carboxylic acids is 2. The molecule has 0 saturated heterocycles. The molecular weight excluding hydrogens is 328 g/mol. The molecule has 2 heterocycles. The molecule has 3 rings (SSSR count). The molecule has 9 nitrogen and oxygen atoms in total. The van der Waals surface area contributed by atoms with Gasteiger partial charge in [-0.05, 0) is 19.1 Å². The number of para-hydroxylation sites is 1. The normalized spacial score (nSPS) is 17.7. The molecule has 1 aliphatic rings. The number of anilines is 1. The number of carbonyl (C=O) groups is 2. The van der Waals surface area contributed by atoms with Gasteiger partial charge < -0.3 is 14.8 Å². The molecule has 1 N–H and O–H groups in total. The van der Waals surface area contributed by atoms with E-state index in [1.165, 1.54) is 25.8 Å². The van der Waals surface area contributed by atoms with E-state index in [2.05, 4.69) is 15.4 Å². The number of hydrogen-bond donors (Lipinski definition) is 1. The van der Waals surface area contributed by atoms with Crippen LogP contribution < -0.4 is 10.9 Å². The van der Waals surface area contributed by atoms with E-state index in [9.17, 15) is 14.4 Å². The first-order chi connectivity index (χ1) is 11.9. The van der Waals surface area contributed by atoms with Gasteiger partial charge in [-0.3, -0.25) is 9.59 Å². The van der Waals surface area contributed by atoms with Crippen LogP contribution in [0.3, 0.4) is 0 Å². The minimum absolute atomic E-state index is 0.0862. The molecule has 2 aromatic rings. The van der Waals surface area contributed by atoms with Crippen molar-refractivity contribution in [2.45, 2.75) is 19.0 Å². The average molecular weight is 344 g/mol. The van der Waals surface area contributed by atoms with Crippen LogP contribution in [-0.4, -0.2) is 40.9 Å². The quantitative estimate of drug-likeness (QED) is 0.798. The van der Waals surface area contributed by atoms with Crippen molar-refractivity contribution in [3.05, 3.63) is 40.3 Å². The van der Waals surface area contributed by atoms with Crippen molar-refractivity contribution in [1.29, 1.82) is 0 Å². The van der Waals surface area contributed by atoms with Crippen molar-refractivity contribution in [3.8, 4) is 11.4 Å². The monoisotopic (exact) mass is 344 g/mol. The van der Waals surface area contributed by atoms with E-state index in [0.29, 0.717) is 11.3 Å². The van der Waals surface area contributed by atoms with Crippen molar-refractivity contribution >= 4 is 17.6 Å². The largest absolute Gasteiger partial charge is 0.469 e. The summed E-state index contributed by atoms with van der Waals surface area (Å²) in [6.45, 7) is 1.48. The SMILES string of the molecule is COC(=O)C[C@@]1(C(=O)OC)Nc2ccccc2-c2nc(=O)c(C)nn21. The first kappa shape index (κ1) is 16.6. The van der Waals surface area contributed by atoms with Gasteiger partial charge in [0.05, 0.1) is 14.2 Å². The lowest BCUT2D eigenvalue weighted by atomic mass is 9.99. The lowest BCUT2D eigenvalue weighted by Gasteiger charge is -2.38. The Morgan fingerprint density at radius 1 is 1.24 bits per heavy atom. The number of ether oxygens (including phenoxy) is 2. The lowest BCUT2D eigenvalue weighted by Crippen LogP contribution is -2.55. The number of benzene rings is 1. The predicted molar refractivity (Wildman–Crippen MR) is 86.7 cm³/mol. The van der Waals surface area contributed by atoms with E-state index < -0.39 is 29.6 Å². The standard InChI is InChI=1S/C16H16N4O5/c1-9-14(22)17-13-10-6-4-5-7-11(10)18-16(15(23)25-3,20(13)19-9)8-12(21)24-2/h4-7,18H,8H2,1-3H3/t16-/m1/s1. The maximum absolute atomic E-state index is 12.6. The van der Waals surface area contributed by atoms with Crippen molar-refractivity contribution < 1.29 is 19.1 Å². The fraction of sp³-hybridized carbons (Fsp3) is 0.312. The zero-order valence-electron chi connectivity index (χ0n) is 13.9. The first-order valence-electron chi connectivity index (χ1n) is 7.44. The fourth-order valence-corrected chi connectivity index (χ4v) is 2.75. The van der Waals surface area contributed by atoms with Crippen LogP contribution >= 0.6 is 0 Å². The molecule has 9 heteroatoms. The Kier molecular flexibility index (Phi) is 3.99. The number of rotatable bonds is 3. The van der Waals surface area contributed by atoms with Crippen LogP contribution in [0.2, 0.25) is 0 Å². The topological polar surface area (TPSA) is 112 Å². The van der Waals surface area contributed by atoms with Gasteiger partial charge in [0.1, 0.15) is 12.1 Å². The molecule has 1 aromatic carbocycles. The Labute approximate surface area is 142 Å². The second-order valence-corrected chi connectivity index (χ2v) is 5.51. The van der Waals surface area contributed by atoms with E-state index in [1.54, 1.807) is 24.3 Å². The summed E-state index contributed by atoms with van der Waals surface area (Å²) in [6.07, 6.45) is -0.394. The van der Waals surface area contributed by atoms with Gasteiger partial charge in [-0.25, -0.2) is 9.48 Å². The molecule has 1 aliphatic heterocycles. The van der Waals surface area contributed by atoms with Crippen LogP contribution in [0.5, 0.6) is 0 Å². The Morgan fingerprint density at radius 2 is 1.96 bits per heavy atom. The molecule has 0 amide bonds. The van der Waals surface area contributed by atoms with Crippen molar-refractivity contribution in [1.82, 2.24) is 14.8 Å². The Morgan fingerprint density at radius 3 is 2.64 bits per heavy atom. The number of hydrogen-bond acceptors (Lipinski definition) is 8. The number of nitrogens with zero attached hydrogens (tertiary/aromatic N) is 3. The number of fused-ring (bicyclic) bond motifs is 3. The molecule has 0 radical (unpaired) electrons. The Hall–Kier alpha value is -3.23. The van der Waals surface area contributed by atoms with E-state index in [0.717, 1.165) is 0 Å². The van der Waals surface area contributed by atoms with E-state index in [1.807, 2.05) is 0 Å². The number of methoxy groups -OCH3 is 2. The van der Waals surface area contributed by atoms with Gasteiger partial charge in [-0.1, -0.05) is 12.1 Å². The molecule has 0 bridgehead atoms. The van der Waals surface area contributed by atoms with E-state index in [-0.39, 0.29) is 11.5 Å². The van der Waals surface area contributed by atoms with Crippen molar-refractivity contribution in [2.75, 3.05) is 19.5 Å². The molecule has 0 spiro atoms. The number of nitrogens with one attached hydrogen (secondary N) is 1. The summed E-state index contributed by atoms with van der Waals surface area (Å²) in [4.78, 5) is 40.7. The van der Waals surface area contributed by atoms with Gasteiger partial charge in [0, 0.05) is 11.3 Å². The van der Waals surface area contributed by atoms with Crippen LogP contribution in [-0.2, 0) is 24.7 Å². The number of aromatic nitrogens is 3. The van der Waals surface area contributed by atoms with Gasteiger partial charge in [0.2, 0.25) is 5.66 Å². The minimum atomic E-state index is -1.71. The summed E-state index contributed by atoms with van der Waals surface area (Å²) in [6, 6.07) is 6.96. The van der Waals surface area contributed by atoms with Gasteiger partial charge in [0.15, 0.2) is 5.82 Å². The second kappa shape index (κ2) is 6.00. The molecule has 25 heavy (non-hydrogen) atoms. The van der Waals surface area contributed by atoms with Crippen LogP contribution in [0.4, 0.5) is 5.69 Å². The van der Waals surface area contributed by atoms with Gasteiger partial charge >= 0.3 is 11.9 Å². The summed E-state index contributed by atoms with van der Waals surface area (Å²) in [5.74, 6) is -1.24. The van der Waals surface area contributed by atoms with Crippen LogP contribution in [0.25, 0.3) is 11.4 Å². The Bertz CT molecular complexity index is 923. The third-order valence-corrected chi connectivity index (χ3v) is 3.99.